The predicted octanol–water partition coefficient (Wildman–Crippen LogP) is 3.29. The van der Waals surface area contributed by atoms with Crippen LogP contribution in [0.25, 0.3) is 0 Å². The van der Waals surface area contributed by atoms with Gasteiger partial charge in [-0.25, -0.2) is 0 Å². The van der Waals surface area contributed by atoms with Crippen molar-refractivity contribution in [2.75, 3.05) is 0 Å². The standard InChI is InChI=1S/C16H22N2O3/c1-4-14(19)12-5-7-13(8-6-12)20-10-15-17-16(21-18-15)9-11(2)3/h5-8,11,14,19H,4,9-10H2,1-3H3. The number of nitrogens with zero attached hydrogens (tertiary/aromatic N) is 2. The molecule has 21 heavy (non-hydrogen) atoms. The van der Waals surface area contributed by atoms with Crippen LogP contribution in [-0.2, 0) is 13.0 Å². The first-order chi connectivity index (χ1) is 10.1. The van der Waals surface area contributed by atoms with Gasteiger partial charge in [0.2, 0.25) is 11.7 Å². The van der Waals surface area contributed by atoms with Crippen LogP contribution in [0.2, 0.25) is 0 Å². The molecular formula is C16H22N2O3. The molecule has 114 valence electrons. The van der Waals surface area contributed by atoms with Gasteiger partial charge < -0.3 is 14.4 Å². The Hall–Kier alpha value is -1.88. The largest absolute Gasteiger partial charge is 0.485 e. The van der Waals surface area contributed by atoms with Gasteiger partial charge in [-0.15, -0.1) is 0 Å². The number of ether oxygens (including phenoxy) is 1. The zero-order valence-corrected chi connectivity index (χ0v) is 12.7. The van der Waals surface area contributed by atoms with E-state index in [0.29, 0.717) is 24.1 Å². The molecule has 1 heterocycles. The molecule has 1 atom stereocenters. The second kappa shape index (κ2) is 7.22. The molecule has 2 aromatic rings. The van der Waals surface area contributed by atoms with Crippen LogP contribution in [0.15, 0.2) is 28.8 Å². The lowest BCUT2D eigenvalue weighted by molar-refractivity contribution is 0.173. The summed E-state index contributed by atoms with van der Waals surface area (Å²) in [5.41, 5.74) is 0.892. The molecule has 0 aliphatic carbocycles. The van der Waals surface area contributed by atoms with Crippen molar-refractivity contribution in [3.8, 4) is 5.75 Å². The van der Waals surface area contributed by atoms with E-state index in [9.17, 15) is 5.11 Å². The van der Waals surface area contributed by atoms with Gasteiger partial charge in [-0.05, 0) is 30.0 Å². The first-order valence-corrected chi connectivity index (χ1v) is 7.30. The lowest BCUT2D eigenvalue weighted by Gasteiger charge is -2.09. The van der Waals surface area contributed by atoms with E-state index in [1.54, 1.807) is 0 Å². The molecule has 0 fully saturated rings. The van der Waals surface area contributed by atoms with Crippen molar-refractivity contribution in [3.63, 3.8) is 0 Å². The fraction of sp³-hybridized carbons (Fsp3) is 0.500. The van der Waals surface area contributed by atoms with E-state index in [1.807, 2.05) is 31.2 Å². The van der Waals surface area contributed by atoms with Crippen LogP contribution in [0, 0.1) is 5.92 Å². The highest BCUT2D eigenvalue weighted by Gasteiger charge is 2.09. The molecule has 0 bridgehead atoms. The van der Waals surface area contributed by atoms with Crippen molar-refractivity contribution < 1.29 is 14.4 Å². The van der Waals surface area contributed by atoms with E-state index in [1.165, 1.54) is 0 Å². The van der Waals surface area contributed by atoms with E-state index in [2.05, 4.69) is 24.0 Å². The molecule has 1 aromatic carbocycles. The van der Waals surface area contributed by atoms with Gasteiger partial charge in [0.1, 0.15) is 5.75 Å². The van der Waals surface area contributed by atoms with Gasteiger partial charge in [0, 0.05) is 6.42 Å². The number of rotatable bonds is 7. The Morgan fingerprint density at radius 2 is 1.95 bits per heavy atom. The van der Waals surface area contributed by atoms with E-state index in [-0.39, 0.29) is 6.61 Å². The first kappa shape index (κ1) is 15.5. The highest BCUT2D eigenvalue weighted by atomic mass is 16.5. The lowest BCUT2D eigenvalue weighted by atomic mass is 10.1. The number of aliphatic hydroxyl groups is 1. The van der Waals surface area contributed by atoms with Gasteiger partial charge in [-0.3, -0.25) is 0 Å². The van der Waals surface area contributed by atoms with Crippen molar-refractivity contribution in [2.24, 2.45) is 5.92 Å². The normalized spacial score (nSPS) is 12.6. The quantitative estimate of drug-likeness (QED) is 0.847. The molecule has 0 aliphatic rings. The van der Waals surface area contributed by atoms with Crippen LogP contribution >= 0.6 is 0 Å². The number of hydrogen-bond acceptors (Lipinski definition) is 5. The van der Waals surface area contributed by atoms with E-state index >= 15 is 0 Å². The van der Waals surface area contributed by atoms with Crippen molar-refractivity contribution in [3.05, 3.63) is 41.5 Å². The fourth-order valence-electron chi connectivity index (χ4n) is 1.95. The number of hydrogen-bond donors (Lipinski definition) is 1. The van der Waals surface area contributed by atoms with Gasteiger partial charge in [-0.1, -0.05) is 38.1 Å². The van der Waals surface area contributed by atoms with Gasteiger partial charge in [-0.2, -0.15) is 4.98 Å². The highest BCUT2D eigenvalue weighted by molar-refractivity contribution is 5.28. The average molecular weight is 290 g/mol. The predicted molar refractivity (Wildman–Crippen MR) is 78.9 cm³/mol. The fourth-order valence-corrected chi connectivity index (χ4v) is 1.95. The summed E-state index contributed by atoms with van der Waals surface area (Å²) in [5, 5.41) is 13.6. The van der Waals surface area contributed by atoms with Gasteiger partial charge in [0.15, 0.2) is 6.61 Å². The topological polar surface area (TPSA) is 68.4 Å². The van der Waals surface area contributed by atoms with E-state index in [0.717, 1.165) is 17.7 Å². The molecule has 5 heteroatoms. The minimum Gasteiger partial charge on any atom is -0.485 e. The maximum Gasteiger partial charge on any atom is 0.227 e. The Balaban J connectivity index is 1.89. The van der Waals surface area contributed by atoms with Crippen LogP contribution in [-0.4, -0.2) is 15.2 Å². The summed E-state index contributed by atoms with van der Waals surface area (Å²) in [5.74, 6) is 2.39. The molecule has 0 saturated heterocycles. The van der Waals surface area contributed by atoms with Gasteiger partial charge in [0.05, 0.1) is 6.10 Å². The Kier molecular flexibility index (Phi) is 5.33. The van der Waals surface area contributed by atoms with E-state index < -0.39 is 6.10 Å². The monoisotopic (exact) mass is 290 g/mol. The Morgan fingerprint density at radius 3 is 2.57 bits per heavy atom. The Labute approximate surface area is 125 Å². The minimum atomic E-state index is -0.421. The van der Waals surface area contributed by atoms with Gasteiger partial charge >= 0.3 is 0 Å². The molecule has 1 aromatic heterocycles. The van der Waals surface area contributed by atoms with E-state index in [4.69, 9.17) is 9.26 Å². The molecule has 0 amide bonds. The maximum absolute atomic E-state index is 9.73. The molecule has 0 aliphatic heterocycles. The zero-order valence-electron chi connectivity index (χ0n) is 12.7. The van der Waals surface area contributed by atoms with Gasteiger partial charge in [0.25, 0.3) is 0 Å². The molecule has 0 radical (unpaired) electrons. The smallest absolute Gasteiger partial charge is 0.227 e. The third kappa shape index (κ3) is 4.56. The molecule has 0 spiro atoms. The number of aromatic nitrogens is 2. The summed E-state index contributed by atoms with van der Waals surface area (Å²) >= 11 is 0. The number of aliphatic hydroxyl groups excluding tert-OH is 1. The summed E-state index contributed by atoms with van der Waals surface area (Å²) in [6.45, 7) is 6.43. The second-order valence-electron chi connectivity index (χ2n) is 5.48. The molecule has 1 unspecified atom stereocenters. The zero-order chi connectivity index (χ0) is 15.2. The molecule has 0 saturated carbocycles. The second-order valence-corrected chi connectivity index (χ2v) is 5.48. The third-order valence-electron chi connectivity index (χ3n) is 3.11. The number of benzene rings is 1. The average Bonchev–Trinajstić information content (AvgIpc) is 2.91. The third-order valence-corrected chi connectivity index (χ3v) is 3.11. The van der Waals surface area contributed by atoms with Crippen molar-refractivity contribution >= 4 is 0 Å². The van der Waals surface area contributed by atoms with Crippen LogP contribution in [0.4, 0.5) is 0 Å². The van der Waals surface area contributed by atoms with Crippen molar-refractivity contribution in [2.45, 2.75) is 46.3 Å². The first-order valence-electron chi connectivity index (χ1n) is 7.30. The van der Waals surface area contributed by atoms with Crippen LogP contribution in [0.1, 0.15) is 50.6 Å². The summed E-state index contributed by atoms with van der Waals surface area (Å²) in [7, 11) is 0. The van der Waals surface area contributed by atoms with Crippen LogP contribution in [0.3, 0.4) is 0 Å². The highest BCUT2D eigenvalue weighted by Crippen LogP contribution is 2.20. The Bertz CT molecular complexity index is 549. The summed E-state index contributed by atoms with van der Waals surface area (Å²) < 4.78 is 10.8. The van der Waals surface area contributed by atoms with Crippen molar-refractivity contribution in [1.82, 2.24) is 10.1 Å². The van der Waals surface area contributed by atoms with Crippen LogP contribution < -0.4 is 4.74 Å². The summed E-state index contributed by atoms with van der Waals surface area (Å²) in [6, 6.07) is 7.40. The van der Waals surface area contributed by atoms with Crippen LogP contribution in [0.5, 0.6) is 5.75 Å². The lowest BCUT2D eigenvalue weighted by Crippen LogP contribution is -2.00. The summed E-state index contributed by atoms with van der Waals surface area (Å²) in [4.78, 5) is 4.28. The van der Waals surface area contributed by atoms with Crippen molar-refractivity contribution in [1.29, 1.82) is 0 Å². The molecular weight excluding hydrogens is 268 g/mol. The molecule has 2 rings (SSSR count). The molecule has 5 nitrogen and oxygen atoms in total. The summed E-state index contributed by atoms with van der Waals surface area (Å²) in [6.07, 6.45) is 1.05. The maximum atomic E-state index is 9.73. The SMILES string of the molecule is CCC(O)c1ccc(OCc2noc(CC(C)C)n2)cc1. The minimum absolute atomic E-state index is 0.275. The molecule has 1 N–H and O–H groups in total. The Morgan fingerprint density at radius 1 is 1.24 bits per heavy atom.